The Balaban J connectivity index is 1.35. The van der Waals surface area contributed by atoms with Crippen LogP contribution in [0.2, 0.25) is 0 Å². The summed E-state index contributed by atoms with van der Waals surface area (Å²) in [5.74, 6) is 2.10. The Bertz CT molecular complexity index is 882. The molecule has 2 heteroatoms. The second-order valence-electron chi connectivity index (χ2n) is 10.4. The maximum Gasteiger partial charge on any atom is 0.127 e. The van der Waals surface area contributed by atoms with Crippen LogP contribution >= 0.6 is 0 Å². The molecule has 0 N–H and O–H groups in total. The molecular formula is C31H40F2. The lowest BCUT2D eigenvalue weighted by molar-refractivity contribution is 0.281. The van der Waals surface area contributed by atoms with Gasteiger partial charge in [0.05, 0.1) is 6.67 Å². The summed E-state index contributed by atoms with van der Waals surface area (Å²) in [6, 6.07) is 14.6. The largest absolute Gasteiger partial charge is 0.251 e. The minimum absolute atomic E-state index is 0.0834. The summed E-state index contributed by atoms with van der Waals surface area (Å²) in [6.07, 6.45) is 17.0. The van der Waals surface area contributed by atoms with Gasteiger partial charge in [0, 0.05) is 0 Å². The Morgan fingerprint density at radius 3 is 2.12 bits per heavy atom. The summed E-state index contributed by atoms with van der Waals surface area (Å²) >= 11 is 0. The number of allylic oxidation sites excluding steroid dienone is 2. The number of benzene rings is 2. The predicted molar refractivity (Wildman–Crippen MR) is 136 cm³/mol. The molecule has 0 saturated heterocycles. The standard InChI is InChI=1S/C31H40F2/c1-2-3-4-5-23-6-10-25(11-7-23)26-14-16-27(17-15-26)29-18-19-30(31(33)22-29)28-12-8-24(9-13-28)20-21-32/h4-5,14-19,22-25,28H,2-3,6-13,20-21H2,1H3/t23-,24-,25-,28-. The van der Waals surface area contributed by atoms with Crippen LogP contribution in [-0.4, -0.2) is 6.67 Å². The maximum absolute atomic E-state index is 15.0. The summed E-state index contributed by atoms with van der Waals surface area (Å²) in [7, 11) is 0. The minimum atomic E-state index is -0.227. The molecule has 0 bridgehead atoms. The van der Waals surface area contributed by atoms with Gasteiger partial charge in [-0.05, 0) is 116 Å². The quantitative estimate of drug-likeness (QED) is 0.351. The van der Waals surface area contributed by atoms with E-state index in [0.29, 0.717) is 18.3 Å². The first-order valence-electron chi connectivity index (χ1n) is 13.3. The lowest BCUT2D eigenvalue weighted by Gasteiger charge is -2.28. The van der Waals surface area contributed by atoms with E-state index in [2.05, 4.69) is 49.4 Å². The molecule has 178 valence electrons. The van der Waals surface area contributed by atoms with Crippen LogP contribution < -0.4 is 0 Å². The molecule has 0 aromatic heterocycles. The molecule has 0 spiro atoms. The van der Waals surface area contributed by atoms with E-state index in [1.54, 1.807) is 6.07 Å². The number of rotatable bonds is 8. The molecule has 0 unspecified atom stereocenters. The summed E-state index contributed by atoms with van der Waals surface area (Å²) in [5, 5.41) is 0. The second kappa shape index (κ2) is 12.0. The van der Waals surface area contributed by atoms with E-state index >= 15 is 4.39 Å². The number of unbranched alkanes of at least 4 members (excludes halogenated alkanes) is 1. The molecule has 33 heavy (non-hydrogen) atoms. The smallest absolute Gasteiger partial charge is 0.127 e. The molecule has 0 nitrogen and oxygen atoms in total. The zero-order chi connectivity index (χ0) is 23.0. The summed E-state index contributed by atoms with van der Waals surface area (Å²) in [5.41, 5.74) is 4.32. The fourth-order valence-corrected chi connectivity index (χ4v) is 6.00. The van der Waals surface area contributed by atoms with Crippen LogP contribution in [-0.2, 0) is 0 Å². The molecule has 2 aliphatic rings. The van der Waals surface area contributed by atoms with Crippen molar-refractivity contribution in [2.24, 2.45) is 11.8 Å². The van der Waals surface area contributed by atoms with E-state index in [-0.39, 0.29) is 18.4 Å². The molecule has 0 aliphatic heterocycles. The van der Waals surface area contributed by atoms with Crippen molar-refractivity contribution in [3.05, 3.63) is 71.6 Å². The van der Waals surface area contributed by atoms with Crippen molar-refractivity contribution in [2.45, 2.75) is 89.4 Å². The van der Waals surface area contributed by atoms with Gasteiger partial charge in [-0.2, -0.15) is 0 Å². The van der Waals surface area contributed by atoms with E-state index in [1.807, 2.05) is 6.07 Å². The van der Waals surface area contributed by atoms with Crippen molar-refractivity contribution >= 4 is 0 Å². The molecular weight excluding hydrogens is 410 g/mol. The third-order valence-corrected chi connectivity index (χ3v) is 8.16. The topological polar surface area (TPSA) is 0 Å². The fourth-order valence-electron chi connectivity index (χ4n) is 6.00. The molecule has 2 aromatic carbocycles. The Morgan fingerprint density at radius 2 is 1.48 bits per heavy atom. The number of halogens is 2. The predicted octanol–water partition coefficient (Wildman–Crippen LogP) is 9.76. The molecule has 0 amide bonds. The van der Waals surface area contributed by atoms with Crippen LogP contribution in [0.1, 0.15) is 101 Å². The van der Waals surface area contributed by atoms with Crippen LogP contribution in [0, 0.1) is 17.7 Å². The van der Waals surface area contributed by atoms with Gasteiger partial charge in [-0.1, -0.05) is 61.9 Å². The molecule has 2 aliphatic carbocycles. The molecule has 2 fully saturated rings. The van der Waals surface area contributed by atoms with Crippen LogP contribution in [0.4, 0.5) is 8.78 Å². The highest BCUT2D eigenvalue weighted by Crippen LogP contribution is 2.40. The van der Waals surface area contributed by atoms with Gasteiger partial charge in [-0.25, -0.2) is 4.39 Å². The Kier molecular flexibility index (Phi) is 8.75. The molecule has 2 aromatic rings. The van der Waals surface area contributed by atoms with Gasteiger partial charge in [0.2, 0.25) is 0 Å². The van der Waals surface area contributed by atoms with Gasteiger partial charge in [0.1, 0.15) is 5.82 Å². The van der Waals surface area contributed by atoms with Crippen molar-refractivity contribution in [1.82, 2.24) is 0 Å². The number of hydrogen-bond donors (Lipinski definition) is 0. The average molecular weight is 451 g/mol. The SMILES string of the molecule is CCCC=C[C@H]1CC[C@H](c2ccc(-c3ccc([C@H]4CC[C@H](CCF)CC4)c(F)c3)cc2)CC1. The maximum atomic E-state index is 15.0. The van der Waals surface area contributed by atoms with Crippen LogP contribution in [0.5, 0.6) is 0 Å². The van der Waals surface area contributed by atoms with Crippen molar-refractivity contribution < 1.29 is 8.78 Å². The van der Waals surface area contributed by atoms with Crippen molar-refractivity contribution in [3.63, 3.8) is 0 Å². The first kappa shape index (κ1) is 24.2. The molecule has 0 radical (unpaired) electrons. The van der Waals surface area contributed by atoms with E-state index in [1.165, 1.54) is 44.1 Å². The first-order valence-corrected chi connectivity index (χ1v) is 13.3. The van der Waals surface area contributed by atoms with E-state index in [0.717, 1.165) is 48.3 Å². The summed E-state index contributed by atoms with van der Waals surface area (Å²) < 4.78 is 27.6. The third kappa shape index (κ3) is 6.34. The zero-order valence-corrected chi connectivity index (χ0v) is 20.2. The first-order chi connectivity index (χ1) is 16.2. The normalized spacial score (nSPS) is 26.0. The lowest BCUT2D eigenvalue weighted by Crippen LogP contribution is -2.14. The van der Waals surface area contributed by atoms with Gasteiger partial charge in [-0.3, -0.25) is 4.39 Å². The average Bonchev–Trinajstić information content (AvgIpc) is 2.86. The third-order valence-electron chi connectivity index (χ3n) is 8.16. The van der Waals surface area contributed by atoms with E-state index in [9.17, 15) is 4.39 Å². The Hall–Kier alpha value is -1.96. The van der Waals surface area contributed by atoms with E-state index in [4.69, 9.17) is 0 Å². The van der Waals surface area contributed by atoms with Crippen molar-refractivity contribution in [1.29, 1.82) is 0 Å². The van der Waals surface area contributed by atoms with Crippen LogP contribution in [0.25, 0.3) is 11.1 Å². The summed E-state index contributed by atoms with van der Waals surface area (Å²) in [6.45, 7) is 2.01. The van der Waals surface area contributed by atoms with Crippen LogP contribution in [0.3, 0.4) is 0 Å². The summed E-state index contributed by atoms with van der Waals surface area (Å²) in [4.78, 5) is 0. The van der Waals surface area contributed by atoms with Gasteiger partial charge < -0.3 is 0 Å². The highest BCUT2D eigenvalue weighted by molar-refractivity contribution is 5.64. The van der Waals surface area contributed by atoms with Crippen molar-refractivity contribution in [2.75, 3.05) is 6.67 Å². The van der Waals surface area contributed by atoms with Gasteiger partial charge >= 0.3 is 0 Å². The highest BCUT2D eigenvalue weighted by Gasteiger charge is 2.24. The van der Waals surface area contributed by atoms with Crippen molar-refractivity contribution in [3.8, 4) is 11.1 Å². The monoisotopic (exact) mass is 450 g/mol. The number of hydrogen-bond acceptors (Lipinski definition) is 0. The zero-order valence-electron chi connectivity index (χ0n) is 20.2. The Morgan fingerprint density at radius 1 is 0.818 bits per heavy atom. The van der Waals surface area contributed by atoms with Gasteiger partial charge in [0.25, 0.3) is 0 Å². The van der Waals surface area contributed by atoms with Gasteiger partial charge in [-0.15, -0.1) is 0 Å². The fraction of sp³-hybridized carbons (Fsp3) is 0.548. The molecule has 0 heterocycles. The minimum Gasteiger partial charge on any atom is -0.251 e. The highest BCUT2D eigenvalue weighted by atomic mass is 19.1. The second-order valence-corrected chi connectivity index (χ2v) is 10.4. The van der Waals surface area contributed by atoms with Gasteiger partial charge in [0.15, 0.2) is 0 Å². The number of alkyl halides is 1. The lowest BCUT2D eigenvalue weighted by atomic mass is 9.77. The van der Waals surface area contributed by atoms with Crippen LogP contribution in [0.15, 0.2) is 54.6 Å². The molecule has 2 saturated carbocycles. The Labute approximate surface area is 199 Å². The van der Waals surface area contributed by atoms with E-state index < -0.39 is 0 Å². The molecule has 4 rings (SSSR count). The molecule has 0 atom stereocenters.